The van der Waals surface area contributed by atoms with Crippen molar-refractivity contribution in [3.05, 3.63) is 61.1 Å². The summed E-state index contributed by atoms with van der Waals surface area (Å²) in [7, 11) is -1.36. The lowest BCUT2D eigenvalue weighted by Crippen LogP contribution is -2.02. The Balaban J connectivity index is 1.50. The van der Waals surface area contributed by atoms with E-state index < -0.39 is 9.84 Å². The Hall–Kier alpha value is -3.79. The molecule has 1 N–H and O–H groups in total. The maximum absolute atomic E-state index is 11.6. The van der Waals surface area contributed by atoms with Gasteiger partial charge in [0.1, 0.15) is 0 Å². The number of anilines is 2. The summed E-state index contributed by atoms with van der Waals surface area (Å²) in [6, 6.07) is 12.3. The van der Waals surface area contributed by atoms with Crippen molar-refractivity contribution in [3.8, 4) is 5.69 Å². The summed E-state index contributed by atoms with van der Waals surface area (Å²) in [6.07, 6.45) is 6.54. The minimum Gasteiger partial charge on any atom is -0.324 e. The Labute approximate surface area is 171 Å². The molecule has 0 aliphatic heterocycles. The van der Waals surface area contributed by atoms with Gasteiger partial charge in [-0.3, -0.25) is 4.68 Å². The Morgan fingerprint density at radius 1 is 1.00 bits per heavy atom. The van der Waals surface area contributed by atoms with E-state index in [9.17, 15) is 8.42 Å². The molecule has 150 valence electrons. The summed E-state index contributed by atoms with van der Waals surface area (Å²) in [5, 5.41) is 13.8. The fourth-order valence-corrected chi connectivity index (χ4v) is 3.88. The zero-order valence-electron chi connectivity index (χ0n) is 16.2. The van der Waals surface area contributed by atoms with E-state index in [1.807, 2.05) is 31.4 Å². The lowest BCUT2D eigenvalue weighted by Gasteiger charge is -2.07. The summed E-state index contributed by atoms with van der Waals surface area (Å²) >= 11 is 0. The van der Waals surface area contributed by atoms with Gasteiger partial charge in [-0.1, -0.05) is 0 Å². The van der Waals surface area contributed by atoms with Crippen molar-refractivity contribution in [2.75, 3.05) is 11.6 Å². The van der Waals surface area contributed by atoms with Gasteiger partial charge in [0.15, 0.2) is 15.5 Å². The second kappa shape index (κ2) is 6.63. The Bertz CT molecular complexity index is 1500. The van der Waals surface area contributed by atoms with E-state index in [0.29, 0.717) is 17.3 Å². The summed E-state index contributed by atoms with van der Waals surface area (Å²) < 4.78 is 26.8. The molecule has 5 rings (SSSR count). The molecule has 5 aromatic rings. The number of aromatic nitrogens is 6. The minimum atomic E-state index is -3.24. The van der Waals surface area contributed by atoms with Gasteiger partial charge in [0.05, 0.1) is 27.7 Å². The van der Waals surface area contributed by atoms with Crippen LogP contribution in [0.15, 0.2) is 66.0 Å². The number of hydrogen-bond acceptors (Lipinski definition) is 7. The van der Waals surface area contributed by atoms with Crippen LogP contribution in [0.3, 0.4) is 0 Å². The third-order valence-corrected chi connectivity index (χ3v) is 5.82. The smallest absolute Gasteiger partial charge is 0.229 e. The first-order chi connectivity index (χ1) is 14.4. The van der Waals surface area contributed by atoms with Crippen LogP contribution in [-0.4, -0.2) is 44.2 Å². The third kappa shape index (κ3) is 3.26. The zero-order valence-corrected chi connectivity index (χ0v) is 17.0. The fourth-order valence-electron chi connectivity index (χ4n) is 3.25. The van der Waals surface area contributed by atoms with Gasteiger partial charge < -0.3 is 5.32 Å². The molecule has 3 aromatic heterocycles. The average Bonchev–Trinajstić information content (AvgIpc) is 3.29. The first kappa shape index (κ1) is 18.3. The van der Waals surface area contributed by atoms with Crippen LogP contribution >= 0.6 is 0 Å². The molecule has 2 aromatic carbocycles. The number of benzene rings is 2. The van der Waals surface area contributed by atoms with Gasteiger partial charge in [-0.15, -0.1) is 0 Å². The predicted octanol–water partition coefficient (Wildman–Crippen LogP) is 2.85. The highest BCUT2D eigenvalue weighted by Crippen LogP contribution is 2.22. The van der Waals surface area contributed by atoms with E-state index in [2.05, 4.69) is 25.5 Å². The number of nitrogens with zero attached hydrogens (tertiary/aromatic N) is 6. The minimum absolute atomic E-state index is 0.258. The van der Waals surface area contributed by atoms with Gasteiger partial charge >= 0.3 is 0 Å². The number of sulfone groups is 1. The number of hydrogen-bond donors (Lipinski definition) is 1. The van der Waals surface area contributed by atoms with Gasteiger partial charge in [0, 0.05) is 36.8 Å². The van der Waals surface area contributed by atoms with E-state index in [1.165, 1.54) is 6.26 Å². The molecular weight excluding hydrogens is 402 g/mol. The van der Waals surface area contributed by atoms with Crippen LogP contribution in [0.4, 0.5) is 11.6 Å². The molecule has 0 amide bonds. The van der Waals surface area contributed by atoms with E-state index in [0.717, 1.165) is 22.0 Å². The fraction of sp³-hybridized carbons (Fsp3) is 0.100. The maximum atomic E-state index is 11.6. The second-order valence-electron chi connectivity index (χ2n) is 7.00. The van der Waals surface area contributed by atoms with E-state index in [-0.39, 0.29) is 4.90 Å². The second-order valence-corrected chi connectivity index (χ2v) is 9.01. The molecule has 0 saturated carbocycles. The van der Waals surface area contributed by atoms with Crippen molar-refractivity contribution in [1.29, 1.82) is 0 Å². The van der Waals surface area contributed by atoms with Crippen LogP contribution in [0.5, 0.6) is 0 Å². The van der Waals surface area contributed by atoms with Crippen LogP contribution in [-0.2, 0) is 16.9 Å². The van der Waals surface area contributed by atoms with Crippen molar-refractivity contribution in [3.63, 3.8) is 0 Å². The summed E-state index contributed by atoms with van der Waals surface area (Å²) in [5.41, 5.74) is 3.12. The van der Waals surface area contributed by atoms with E-state index >= 15 is 0 Å². The summed E-state index contributed by atoms with van der Waals surface area (Å²) in [6.45, 7) is 0. The normalized spacial score (nSPS) is 11.9. The largest absolute Gasteiger partial charge is 0.324 e. The summed E-state index contributed by atoms with van der Waals surface area (Å²) in [4.78, 5) is 9.19. The van der Waals surface area contributed by atoms with Crippen LogP contribution in [0.1, 0.15) is 0 Å². The van der Waals surface area contributed by atoms with Crippen molar-refractivity contribution in [1.82, 2.24) is 29.5 Å². The maximum Gasteiger partial charge on any atom is 0.229 e. The number of fused-ring (bicyclic) bond motifs is 2. The van der Waals surface area contributed by atoms with Crippen LogP contribution in [0.25, 0.3) is 27.6 Å². The molecule has 10 heteroatoms. The SMILES string of the molecule is Cn1cc2cc(-n3ncc4cnc(Nc5ccc(S(C)(=O)=O)cc5)nc43)ccc2n1. The molecule has 0 radical (unpaired) electrons. The van der Waals surface area contributed by atoms with Gasteiger partial charge in [0.2, 0.25) is 5.95 Å². The van der Waals surface area contributed by atoms with Gasteiger partial charge in [-0.2, -0.15) is 15.2 Å². The van der Waals surface area contributed by atoms with Crippen molar-refractivity contribution in [2.24, 2.45) is 7.05 Å². The lowest BCUT2D eigenvalue weighted by atomic mass is 10.2. The monoisotopic (exact) mass is 419 g/mol. The number of nitrogens with one attached hydrogen (secondary N) is 1. The Kier molecular flexibility index (Phi) is 4.03. The quantitative estimate of drug-likeness (QED) is 0.477. The first-order valence-electron chi connectivity index (χ1n) is 9.08. The molecule has 0 atom stereocenters. The van der Waals surface area contributed by atoms with Crippen molar-refractivity contribution < 1.29 is 8.42 Å². The Morgan fingerprint density at radius 3 is 2.57 bits per heavy atom. The van der Waals surface area contributed by atoms with Crippen LogP contribution in [0, 0.1) is 0 Å². The topological polar surface area (TPSA) is 108 Å². The molecular formula is C20H17N7O2S. The third-order valence-electron chi connectivity index (χ3n) is 4.69. The number of rotatable bonds is 4. The zero-order chi connectivity index (χ0) is 20.9. The molecule has 0 aliphatic carbocycles. The Morgan fingerprint density at radius 2 is 1.80 bits per heavy atom. The molecule has 9 nitrogen and oxygen atoms in total. The molecule has 0 spiro atoms. The molecule has 0 bridgehead atoms. The van der Waals surface area contributed by atoms with Crippen LogP contribution in [0.2, 0.25) is 0 Å². The highest BCUT2D eigenvalue weighted by molar-refractivity contribution is 7.90. The molecule has 0 unspecified atom stereocenters. The van der Waals surface area contributed by atoms with Gasteiger partial charge in [0.25, 0.3) is 0 Å². The molecule has 0 fully saturated rings. The molecule has 0 saturated heterocycles. The lowest BCUT2D eigenvalue weighted by molar-refractivity contribution is 0.602. The van der Waals surface area contributed by atoms with Crippen LogP contribution < -0.4 is 5.32 Å². The highest BCUT2D eigenvalue weighted by atomic mass is 32.2. The van der Waals surface area contributed by atoms with Crippen molar-refractivity contribution in [2.45, 2.75) is 4.90 Å². The summed E-state index contributed by atoms with van der Waals surface area (Å²) in [5.74, 6) is 0.388. The van der Waals surface area contributed by atoms with E-state index in [4.69, 9.17) is 0 Å². The average molecular weight is 419 g/mol. The van der Waals surface area contributed by atoms with Crippen molar-refractivity contribution >= 4 is 43.4 Å². The molecule has 3 heterocycles. The number of aryl methyl sites for hydroxylation is 1. The first-order valence-corrected chi connectivity index (χ1v) is 11.0. The van der Waals surface area contributed by atoms with Gasteiger partial charge in [-0.05, 0) is 42.5 Å². The van der Waals surface area contributed by atoms with E-state index in [1.54, 1.807) is 46.0 Å². The molecule has 30 heavy (non-hydrogen) atoms. The van der Waals surface area contributed by atoms with Gasteiger partial charge in [-0.25, -0.2) is 18.1 Å². The standard InChI is InChI=1S/C20H17N7O2S/c1-26-12-13-9-16(5-8-18(13)25-26)27-19-14(11-22-27)10-21-20(24-19)23-15-3-6-17(7-4-15)30(2,28)29/h3-12H,1-2H3,(H,21,23,24). The molecule has 0 aliphatic rings. The highest BCUT2D eigenvalue weighted by Gasteiger charge is 2.11. The predicted molar refractivity (Wildman–Crippen MR) is 114 cm³/mol.